The van der Waals surface area contributed by atoms with Crippen molar-refractivity contribution in [3.63, 3.8) is 0 Å². The van der Waals surface area contributed by atoms with E-state index < -0.39 is 12.3 Å². The summed E-state index contributed by atoms with van der Waals surface area (Å²) in [5.74, 6) is 0. The summed E-state index contributed by atoms with van der Waals surface area (Å²) < 4.78 is 36.4. The van der Waals surface area contributed by atoms with Crippen molar-refractivity contribution in [2.24, 2.45) is 0 Å². The van der Waals surface area contributed by atoms with Crippen LogP contribution in [0.25, 0.3) is 0 Å². The molecule has 1 aliphatic heterocycles. The van der Waals surface area contributed by atoms with Gasteiger partial charge in [0.1, 0.15) is 0 Å². The Bertz CT molecular complexity index is 210. The van der Waals surface area contributed by atoms with Crippen molar-refractivity contribution in [1.82, 2.24) is 9.80 Å². The molecule has 0 amide bonds. The third-order valence-electron chi connectivity index (χ3n) is 2.75. The highest BCUT2D eigenvalue weighted by atomic mass is 19.4. The van der Waals surface area contributed by atoms with E-state index >= 15 is 0 Å². The van der Waals surface area contributed by atoms with Gasteiger partial charge in [-0.3, -0.25) is 4.90 Å². The fraction of sp³-hybridized carbons (Fsp3) is 1.00. The first-order valence-electron chi connectivity index (χ1n) is 4.98. The predicted octanol–water partition coefficient (Wildman–Crippen LogP) is 0.545. The zero-order valence-corrected chi connectivity index (χ0v) is 8.96. The van der Waals surface area contributed by atoms with E-state index in [2.05, 4.69) is 4.90 Å². The molecular weight excluding hydrogens is 209 g/mol. The molecule has 6 heteroatoms. The van der Waals surface area contributed by atoms with Crippen LogP contribution in [0.4, 0.5) is 13.2 Å². The number of aliphatic hydroxyl groups excluding tert-OH is 1. The summed E-state index contributed by atoms with van der Waals surface area (Å²) in [7, 11) is 1.94. The number of hydrogen-bond acceptors (Lipinski definition) is 3. The molecule has 3 nitrogen and oxygen atoms in total. The van der Waals surface area contributed by atoms with Gasteiger partial charge in [-0.15, -0.1) is 0 Å². The van der Waals surface area contributed by atoms with Gasteiger partial charge in [-0.25, -0.2) is 0 Å². The third-order valence-corrected chi connectivity index (χ3v) is 2.75. The maximum Gasteiger partial charge on any atom is 0.415 e. The van der Waals surface area contributed by atoms with Gasteiger partial charge in [-0.05, 0) is 14.0 Å². The van der Waals surface area contributed by atoms with Crippen LogP contribution in [0.1, 0.15) is 6.92 Å². The molecule has 1 aliphatic rings. The number of halogens is 3. The second-order valence-electron chi connectivity index (χ2n) is 4.16. The number of likely N-dealkylation sites (N-methyl/N-ethyl adjacent to an activating group) is 1. The Hall–Kier alpha value is -0.330. The number of piperazine rings is 1. The van der Waals surface area contributed by atoms with Crippen molar-refractivity contribution in [2.75, 3.05) is 33.2 Å². The Balaban J connectivity index is 2.45. The monoisotopic (exact) mass is 226 g/mol. The van der Waals surface area contributed by atoms with Crippen molar-refractivity contribution in [3.05, 3.63) is 0 Å². The molecule has 1 N–H and O–H groups in total. The topological polar surface area (TPSA) is 26.7 Å². The SMILES string of the molecule is CC1CN(C)CCN1CC(O)C(F)(F)F. The number of rotatable bonds is 2. The molecule has 0 aromatic carbocycles. The largest absolute Gasteiger partial charge is 0.415 e. The minimum Gasteiger partial charge on any atom is -0.382 e. The van der Waals surface area contributed by atoms with E-state index in [0.717, 1.165) is 13.1 Å². The van der Waals surface area contributed by atoms with E-state index in [1.54, 1.807) is 4.90 Å². The Morgan fingerprint density at radius 3 is 2.47 bits per heavy atom. The average Bonchev–Trinajstić information content (AvgIpc) is 2.08. The summed E-state index contributed by atoms with van der Waals surface area (Å²) in [4.78, 5) is 3.75. The smallest absolute Gasteiger partial charge is 0.382 e. The lowest BCUT2D eigenvalue weighted by Crippen LogP contribution is -2.54. The molecule has 0 aliphatic carbocycles. The standard InChI is InChI=1S/C9H17F3N2O/c1-7-5-13(2)3-4-14(7)6-8(15)9(10,11)12/h7-8,15H,3-6H2,1-2H3. The van der Waals surface area contributed by atoms with Crippen LogP contribution >= 0.6 is 0 Å². The van der Waals surface area contributed by atoms with Crippen LogP contribution in [0.5, 0.6) is 0 Å². The summed E-state index contributed by atoms with van der Waals surface area (Å²) in [5, 5.41) is 8.94. The van der Waals surface area contributed by atoms with Crippen molar-refractivity contribution in [1.29, 1.82) is 0 Å². The number of hydrogen-bond donors (Lipinski definition) is 1. The minimum absolute atomic E-state index is 0.0562. The van der Waals surface area contributed by atoms with E-state index in [4.69, 9.17) is 5.11 Å². The summed E-state index contributed by atoms with van der Waals surface area (Å²) in [6.45, 7) is 3.61. The second kappa shape index (κ2) is 4.67. The van der Waals surface area contributed by atoms with Crippen LogP contribution in [0.3, 0.4) is 0 Å². The van der Waals surface area contributed by atoms with Crippen molar-refractivity contribution >= 4 is 0 Å². The molecule has 0 radical (unpaired) electrons. The van der Waals surface area contributed by atoms with E-state index in [9.17, 15) is 13.2 Å². The normalized spacial score (nSPS) is 28.0. The average molecular weight is 226 g/mol. The molecule has 15 heavy (non-hydrogen) atoms. The predicted molar refractivity (Wildman–Crippen MR) is 50.6 cm³/mol. The van der Waals surface area contributed by atoms with Crippen molar-refractivity contribution in [2.45, 2.75) is 25.2 Å². The van der Waals surface area contributed by atoms with Crippen LogP contribution in [0.2, 0.25) is 0 Å². The lowest BCUT2D eigenvalue weighted by atomic mass is 10.2. The Kier molecular flexibility index (Phi) is 3.97. The lowest BCUT2D eigenvalue weighted by Gasteiger charge is -2.39. The van der Waals surface area contributed by atoms with Gasteiger partial charge in [0.2, 0.25) is 0 Å². The Morgan fingerprint density at radius 1 is 1.40 bits per heavy atom. The minimum atomic E-state index is -4.51. The fourth-order valence-corrected chi connectivity index (χ4v) is 1.77. The van der Waals surface area contributed by atoms with Crippen LogP contribution in [-0.2, 0) is 0 Å². The molecule has 1 saturated heterocycles. The quantitative estimate of drug-likeness (QED) is 0.744. The Morgan fingerprint density at radius 2 is 2.00 bits per heavy atom. The molecule has 0 aromatic heterocycles. The lowest BCUT2D eigenvalue weighted by molar-refractivity contribution is -0.210. The molecule has 2 unspecified atom stereocenters. The molecular formula is C9H17F3N2O. The second-order valence-corrected chi connectivity index (χ2v) is 4.16. The first-order valence-corrected chi connectivity index (χ1v) is 4.98. The van der Waals surface area contributed by atoms with Crippen molar-refractivity contribution < 1.29 is 18.3 Å². The van der Waals surface area contributed by atoms with Crippen LogP contribution in [-0.4, -0.2) is 66.5 Å². The van der Waals surface area contributed by atoms with E-state index in [-0.39, 0.29) is 12.6 Å². The zero-order valence-electron chi connectivity index (χ0n) is 8.96. The Labute approximate surface area is 87.5 Å². The molecule has 0 aromatic rings. The highest BCUT2D eigenvalue weighted by molar-refractivity contribution is 4.81. The number of β-amino-alcohol motifs (C(OH)–C–C–N with tert-alkyl or cyclic N) is 1. The number of alkyl halides is 3. The molecule has 0 spiro atoms. The summed E-state index contributed by atoms with van der Waals surface area (Å²) in [6, 6.07) is 0.0562. The first kappa shape index (κ1) is 12.7. The molecule has 0 bridgehead atoms. The maximum absolute atomic E-state index is 12.1. The van der Waals surface area contributed by atoms with E-state index in [0.29, 0.717) is 6.54 Å². The van der Waals surface area contributed by atoms with Crippen LogP contribution in [0, 0.1) is 0 Å². The number of nitrogens with zero attached hydrogens (tertiary/aromatic N) is 2. The zero-order chi connectivity index (χ0) is 11.6. The van der Waals surface area contributed by atoms with E-state index in [1.165, 1.54) is 0 Å². The van der Waals surface area contributed by atoms with Gasteiger partial charge in [0.15, 0.2) is 6.10 Å². The molecule has 1 fully saturated rings. The van der Waals surface area contributed by atoms with Gasteiger partial charge in [-0.1, -0.05) is 0 Å². The highest BCUT2D eigenvalue weighted by Gasteiger charge is 2.40. The van der Waals surface area contributed by atoms with Gasteiger partial charge >= 0.3 is 6.18 Å². The molecule has 1 rings (SSSR count). The molecule has 2 atom stereocenters. The van der Waals surface area contributed by atoms with Gasteiger partial charge in [0, 0.05) is 32.2 Å². The third kappa shape index (κ3) is 3.62. The van der Waals surface area contributed by atoms with Crippen LogP contribution < -0.4 is 0 Å². The van der Waals surface area contributed by atoms with Crippen molar-refractivity contribution in [3.8, 4) is 0 Å². The number of aliphatic hydroxyl groups is 1. The summed E-state index contributed by atoms with van der Waals surface area (Å²) in [6.07, 6.45) is -6.74. The van der Waals surface area contributed by atoms with Crippen LogP contribution in [0.15, 0.2) is 0 Å². The molecule has 90 valence electrons. The van der Waals surface area contributed by atoms with Gasteiger partial charge in [-0.2, -0.15) is 13.2 Å². The highest BCUT2D eigenvalue weighted by Crippen LogP contribution is 2.22. The van der Waals surface area contributed by atoms with E-state index in [1.807, 2.05) is 14.0 Å². The molecule has 1 heterocycles. The first-order chi connectivity index (χ1) is 6.80. The summed E-state index contributed by atoms with van der Waals surface area (Å²) >= 11 is 0. The maximum atomic E-state index is 12.1. The van der Waals surface area contributed by atoms with Gasteiger partial charge in [0.25, 0.3) is 0 Å². The molecule has 0 saturated carbocycles. The van der Waals surface area contributed by atoms with Gasteiger partial charge < -0.3 is 10.0 Å². The fourth-order valence-electron chi connectivity index (χ4n) is 1.77. The van der Waals surface area contributed by atoms with Gasteiger partial charge in [0.05, 0.1) is 0 Å². The summed E-state index contributed by atoms with van der Waals surface area (Å²) in [5.41, 5.74) is 0.